The predicted octanol–water partition coefficient (Wildman–Crippen LogP) is 3.10. The molecule has 0 aliphatic rings. The maximum absolute atomic E-state index is 12.5. The van der Waals surface area contributed by atoms with Gasteiger partial charge >= 0.3 is 0 Å². The number of aldehydes is 1. The number of carbonyl (C=O) groups is 3. The second kappa shape index (κ2) is 10.9. The Bertz CT molecular complexity index is 853. The Morgan fingerprint density at radius 3 is 2.30 bits per heavy atom. The number of carbonyl (C=O) groups excluding carboxylic acids is 3. The number of rotatable bonds is 8. The van der Waals surface area contributed by atoms with Gasteiger partial charge in [0, 0.05) is 19.5 Å². The van der Waals surface area contributed by atoms with E-state index in [0.29, 0.717) is 12.7 Å². The van der Waals surface area contributed by atoms with Gasteiger partial charge in [-0.3, -0.25) is 14.4 Å². The lowest BCUT2D eigenvalue weighted by Gasteiger charge is -2.14. The summed E-state index contributed by atoms with van der Waals surface area (Å²) in [5, 5.41) is 0. The third-order valence-corrected chi connectivity index (χ3v) is 3.83. The van der Waals surface area contributed by atoms with Crippen molar-refractivity contribution in [3.8, 4) is 5.75 Å². The Morgan fingerprint density at radius 1 is 1.15 bits per heavy atom. The Kier molecular flexibility index (Phi) is 8.85. The minimum atomic E-state index is -0.632. The number of benzene rings is 1. The smallest absolute Gasteiger partial charge is 0.234 e. The van der Waals surface area contributed by atoms with Crippen molar-refractivity contribution in [3.63, 3.8) is 0 Å². The highest BCUT2D eigenvalue weighted by atomic mass is 16.5. The Balaban J connectivity index is 0.00000176. The van der Waals surface area contributed by atoms with E-state index >= 15 is 0 Å². The van der Waals surface area contributed by atoms with Gasteiger partial charge in [-0.05, 0) is 12.0 Å². The molecule has 27 heavy (non-hydrogen) atoms. The first kappa shape index (κ1) is 22.0. The molecule has 6 heteroatoms. The molecule has 0 unspecified atom stereocenters. The van der Waals surface area contributed by atoms with Gasteiger partial charge in [-0.1, -0.05) is 44.2 Å². The summed E-state index contributed by atoms with van der Waals surface area (Å²) < 4.78 is 6.34. The lowest BCUT2D eigenvalue weighted by atomic mass is 10.0. The molecule has 0 saturated carbocycles. The van der Waals surface area contributed by atoms with Crippen molar-refractivity contribution in [2.24, 2.45) is 0 Å². The van der Waals surface area contributed by atoms with Gasteiger partial charge in [0.1, 0.15) is 12.0 Å². The molecule has 0 bridgehead atoms. The van der Waals surface area contributed by atoms with Crippen LogP contribution < -0.4 is 10.2 Å². The first-order valence-electron chi connectivity index (χ1n) is 8.82. The number of ether oxygens (including phenoxy) is 1. The number of hydrogen-bond acceptors (Lipinski definition) is 5. The molecule has 144 valence electrons. The average Bonchev–Trinajstić information content (AvgIpc) is 2.69. The second-order valence-electron chi connectivity index (χ2n) is 5.54. The lowest BCUT2D eigenvalue weighted by Crippen LogP contribution is -2.25. The quantitative estimate of drug-likeness (QED) is 0.526. The Hall–Kier alpha value is -3.02. The van der Waals surface area contributed by atoms with Gasteiger partial charge in [0.15, 0.2) is 17.3 Å². The summed E-state index contributed by atoms with van der Waals surface area (Å²) in [5.74, 6) is -0.985. The summed E-state index contributed by atoms with van der Waals surface area (Å²) in [5.41, 5.74) is 0.253. The van der Waals surface area contributed by atoms with Crippen LogP contribution in [0.1, 0.15) is 53.6 Å². The predicted molar refractivity (Wildman–Crippen MR) is 104 cm³/mol. The number of pyridine rings is 1. The molecule has 0 atom stereocenters. The summed E-state index contributed by atoms with van der Waals surface area (Å²) in [6.07, 6.45) is 2.49. The number of nitrogens with zero attached hydrogens (tertiary/aromatic N) is 1. The number of methoxy groups -OCH3 is 1. The first-order valence-corrected chi connectivity index (χ1v) is 8.82. The maximum atomic E-state index is 12.5. The van der Waals surface area contributed by atoms with Crippen molar-refractivity contribution < 1.29 is 19.1 Å². The van der Waals surface area contributed by atoms with Gasteiger partial charge in [-0.25, -0.2) is 0 Å². The molecule has 0 aliphatic heterocycles. The molecule has 0 amide bonds. The van der Waals surface area contributed by atoms with Crippen LogP contribution in [0.15, 0.2) is 41.3 Å². The second-order valence-corrected chi connectivity index (χ2v) is 5.54. The highest BCUT2D eigenvalue weighted by molar-refractivity contribution is 5.99. The SMILES string of the molecule is CC.COc1c(C(C)=O)n(CC=O)cc(C(=O)CCc2ccccc2)c1=O. The molecule has 0 radical (unpaired) electrons. The summed E-state index contributed by atoms with van der Waals surface area (Å²) in [6, 6.07) is 9.44. The monoisotopic (exact) mass is 371 g/mol. The van der Waals surface area contributed by atoms with Crippen LogP contribution in [0, 0.1) is 0 Å². The molecule has 0 fully saturated rings. The number of aryl methyl sites for hydroxylation is 1. The highest BCUT2D eigenvalue weighted by Crippen LogP contribution is 2.17. The number of aromatic nitrogens is 1. The molecule has 0 aliphatic carbocycles. The van der Waals surface area contributed by atoms with Gasteiger partial charge in [0.05, 0.1) is 19.2 Å². The highest BCUT2D eigenvalue weighted by Gasteiger charge is 2.22. The minimum Gasteiger partial charge on any atom is -0.491 e. The van der Waals surface area contributed by atoms with Crippen LogP contribution in [0.2, 0.25) is 0 Å². The van der Waals surface area contributed by atoms with Gasteiger partial charge in [0.2, 0.25) is 5.43 Å². The van der Waals surface area contributed by atoms with Crippen molar-refractivity contribution >= 4 is 17.9 Å². The number of ketones is 2. The molecule has 1 heterocycles. The normalized spacial score (nSPS) is 9.78. The molecule has 6 nitrogen and oxygen atoms in total. The van der Waals surface area contributed by atoms with Crippen molar-refractivity contribution in [2.75, 3.05) is 7.11 Å². The van der Waals surface area contributed by atoms with E-state index in [0.717, 1.165) is 5.56 Å². The van der Waals surface area contributed by atoms with E-state index in [1.807, 2.05) is 44.2 Å². The summed E-state index contributed by atoms with van der Waals surface area (Å²) in [6.45, 7) is 5.13. The summed E-state index contributed by atoms with van der Waals surface area (Å²) >= 11 is 0. The molecule has 0 saturated heterocycles. The van der Waals surface area contributed by atoms with E-state index in [-0.39, 0.29) is 35.8 Å². The zero-order chi connectivity index (χ0) is 20.4. The van der Waals surface area contributed by atoms with Gasteiger partial charge in [-0.15, -0.1) is 0 Å². The Labute approximate surface area is 158 Å². The lowest BCUT2D eigenvalue weighted by molar-refractivity contribution is -0.108. The average molecular weight is 371 g/mol. The van der Waals surface area contributed by atoms with Gasteiger partial charge < -0.3 is 14.1 Å². The third kappa shape index (κ3) is 5.48. The van der Waals surface area contributed by atoms with Gasteiger partial charge in [0.25, 0.3) is 0 Å². The third-order valence-electron chi connectivity index (χ3n) is 3.83. The van der Waals surface area contributed by atoms with Crippen LogP contribution in [0.4, 0.5) is 0 Å². The molecule has 1 aromatic carbocycles. The molecule has 1 aromatic heterocycles. The largest absolute Gasteiger partial charge is 0.491 e. The van der Waals surface area contributed by atoms with E-state index in [2.05, 4.69) is 0 Å². The summed E-state index contributed by atoms with van der Waals surface area (Å²) in [4.78, 5) is 47.8. The van der Waals surface area contributed by atoms with E-state index in [9.17, 15) is 19.2 Å². The van der Waals surface area contributed by atoms with Crippen LogP contribution in [-0.2, 0) is 17.8 Å². The van der Waals surface area contributed by atoms with Crippen LogP contribution in [0.3, 0.4) is 0 Å². The topological polar surface area (TPSA) is 82.4 Å². The number of hydrogen-bond donors (Lipinski definition) is 0. The number of Topliss-reactive ketones (excluding diaryl/α,β-unsaturated/α-hetero) is 2. The zero-order valence-corrected chi connectivity index (χ0v) is 16.2. The van der Waals surface area contributed by atoms with Crippen LogP contribution in [0.5, 0.6) is 5.75 Å². The molecule has 0 spiro atoms. The molecular weight excluding hydrogens is 346 g/mol. The van der Waals surface area contributed by atoms with Crippen molar-refractivity contribution in [2.45, 2.75) is 40.2 Å². The maximum Gasteiger partial charge on any atom is 0.234 e. The molecule has 0 N–H and O–H groups in total. The van der Waals surface area contributed by atoms with E-state index in [4.69, 9.17) is 4.74 Å². The van der Waals surface area contributed by atoms with E-state index < -0.39 is 11.2 Å². The fourth-order valence-corrected chi connectivity index (χ4v) is 2.65. The zero-order valence-electron chi connectivity index (χ0n) is 16.2. The first-order chi connectivity index (χ1) is 13.0. The fraction of sp³-hybridized carbons (Fsp3) is 0.333. The van der Waals surface area contributed by atoms with E-state index in [1.165, 1.54) is 24.8 Å². The van der Waals surface area contributed by atoms with Crippen molar-refractivity contribution in [3.05, 3.63) is 63.6 Å². The van der Waals surface area contributed by atoms with Gasteiger partial charge in [-0.2, -0.15) is 0 Å². The summed E-state index contributed by atoms with van der Waals surface area (Å²) in [7, 11) is 1.26. The van der Waals surface area contributed by atoms with E-state index in [1.54, 1.807) is 0 Å². The van der Waals surface area contributed by atoms with Crippen LogP contribution in [0.25, 0.3) is 0 Å². The van der Waals surface area contributed by atoms with Crippen molar-refractivity contribution in [1.29, 1.82) is 0 Å². The minimum absolute atomic E-state index is 0.0146. The van der Waals surface area contributed by atoms with Crippen LogP contribution >= 0.6 is 0 Å². The molecular formula is C21H25NO5. The standard InChI is InChI=1S/C19H19NO5.C2H6/c1-13(22)17-19(25-2)18(24)15(12-20(17)10-11-21)16(23)9-8-14-6-4-3-5-7-14;1-2/h3-7,11-12H,8-10H2,1-2H3;1-2H3. The molecule has 2 aromatic rings. The molecule has 2 rings (SSSR count). The fourth-order valence-electron chi connectivity index (χ4n) is 2.65. The van der Waals surface area contributed by atoms with Crippen LogP contribution in [-0.4, -0.2) is 29.5 Å². The van der Waals surface area contributed by atoms with Crippen molar-refractivity contribution in [1.82, 2.24) is 4.57 Å². The Morgan fingerprint density at radius 2 is 1.78 bits per heavy atom.